The van der Waals surface area contributed by atoms with Gasteiger partial charge in [-0.3, -0.25) is 9.78 Å². The minimum absolute atomic E-state index is 0.207. The molecule has 7 heteroatoms. The highest BCUT2D eigenvalue weighted by Gasteiger charge is 2.24. The van der Waals surface area contributed by atoms with Crippen LogP contribution in [-0.4, -0.2) is 19.3 Å². The summed E-state index contributed by atoms with van der Waals surface area (Å²) in [5.41, 5.74) is 3.06. The van der Waals surface area contributed by atoms with E-state index >= 15 is 0 Å². The third kappa shape index (κ3) is 4.58. The molecule has 0 saturated heterocycles. The quantitative estimate of drug-likeness (QED) is 0.657. The number of hydrogen-bond donors (Lipinski definition) is 1. The van der Waals surface area contributed by atoms with Crippen molar-refractivity contribution in [1.29, 1.82) is 0 Å². The molecule has 0 fully saturated rings. The number of carbonyl (C=O) groups is 1. The molecular formula is C23H20N2O4S. The summed E-state index contributed by atoms with van der Waals surface area (Å²) in [6, 6.07) is 17.8. The van der Waals surface area contributed by atoms with Crippen molar-refractivity contribution in [2.75, 3.05) is 0 Å². The molecule has 1 heterocycles. The molecule has 1 aromatic heterocycles. The van der Waals surface area contributed by atoms with Crippen LogP contribution in [0.5, 0.6) is 5.75 Å². The van der Waals surface area contributed by atoms with Gasteiger partial charge in [0.05, 0.1) is 4.91 Å². The number of aromatic nitrogens is 1. The molecule has 0 spiro atoms. The van der Waals surface area contributed by atoms with Gasteiger partial charge in [0.25, 0.3) is 15.9 Å². The first-order valence-electron chi connectivity index (χ1n) is 9.49. The molecule has 0 atom stereocenters. The van der Waals surface area contributed by atoms with Crippen LogP contribution in [-0.2, 0) is 23.1 Å². The monoisotopic (exact) mass is 420 g/mol. The van der Waals surface area contributed by atoms with Gasteiger partial charge in [-0.05, 0) is 54.3 Å². The molecule has 1 amide bonds. The summed E-state index contributed by atoms with van der Waals surface area (Å²) in [5, 5.41) is 0. The maximum absolute atomic E-state index is 12.7. The highest BCUT2D eigenvalue weighted by Crippen LogP contribution is 2.26. The van der Waals surface area contributed by atoms with Crippen molar-refractivity contribution < 1.29 is 17.9 Å². The Labute approximate surface area is 175 Å². The fraction of sp³-hybridized carbons (Fsp3) is 0.130. The zero-order valence-corrected chi connectivity index (χ0v) is 16.9. The van der Waals surface area contributed by atoms with Crippen LogP contribution in [0.1, 0.15) is 33.5 Å². The number of carbonyl (C=O) groups excluding carboxylic acids is 1. The van der Waals surface area contributed by atoms with E-state index in [2.05, 4.69) is 9.71 Å². The zero-order chi connectivity index (χ0) is 21.0. The second kappa shape index (κ2) is 8.51. The normalized spacial score (nSPS) is 13.1. The highest BCUT2D eigenvalue weighted by molar-refractivity contribution is 7.94. The number of fused-ring (bicyclic) bond motifs is 1. The van der Waals surface area contributed by atoms with E-state index in [4.69, 9.17) is 4.74 Å². The Morgan fingerprint density at radius 3 is 2.73 bits per heavy atom. The van der Waals surface area contributed by atoms with E-state index in [9.17, 15) is 13.2 Å². The topological polar surface area (TPSA) is 85.4 Å². The van der Waals surface area contributed by atoms with E-state index in [1.165, 1.54) is 6.07 Å². The maximum atomic E-state index is 12.7. The van der Waals surface area contributed by atoms with E-state index in [0.717, 1.165) is 16.7 Å². The van der Waals surface area contributed by atoms with Gasteiger partial charge in [-0.25, -0.2) is 13.1 Å². The van der Waals surface area contributed by atoms with E-state index < -0.39 is 15.9 Å². The second-order valence-electron chi connectivity index (χ2n) is 6.92. The van der Waals surface area contributed by atoms with Gasteiger partial charge in [0, 0.05) is 23.5 Å². The molecule has 3 aromatic rings. The molecule has 0 saturated carbocycles. The maximum Gasteiger partial charge on any atom is 0.265 e. The molecule has 1 aliphatic rings. The molecule has 6 nitrogen and oxygen atoms in total. The highest BCUT2D eigenvalue weighted by atomic mass is 32.2. The number of pyridine rings is 1. The first-order chi connectivity index (χ1) is 14.5. The number of benzene rings is 2. The summed E-state index contributed by atoms with van der Waals surface area (Å²) in [4.78, 5) is 16.8. The lowest BCUT2D eigenvalue weighted by atomic mass is 9.98. The number of aryl methyl sites for hydroxylation is 1. The zero-order valence-electron chi connectivity index (χ0n) is 16.1. The summed E-state index contributed by atoms with van der Waals surface area (Å²) < 4.78 is 33.3. The number of rotatable bonds is 6. The molecule has 0 bridgehead atoms. The molecule has 30 heavy (non-hydrogen) atoms. The van der Waals surface area contributed by atoms with Gasteiger partial charge in [-0.2, -0.15) is 0 Å². The second-order valence-corrected chi connectivity index (χ2v) is 8.66. The molecule has 0 unspecified atom stereocenters. The Morgan fingerprint density at radius 2 is 1.90 bits per heavy atom. The van der Waals surface area contributed by atoms with Crippen LogP contribution in [0.4, 0.5) is 0 Å². The first kappa shape index (κ1) is 19.8. The number of sulfonamides is 1. The number of ether oxygens (including phenoxy) is 1. The molecule has 152 valence electrons. The van der Waals surface area contributed by atoms with Crippen LogP contribution in [0.25, 0.3) is 6.08 Å². The lowest BCUT2D eigenvalue weighted by molar-refractivity contribution is 0.0981. The molecule has 1 aliphatic carbocycles. The Hall–Kier alpha value is -3.45. The lowest BCUT2D eigenvalue weighted by Crippen LogP contribution is -2.32. The SMILES string of the molecule is O=C(NS(=O)(=O)C1=Cc2ccccc2CC1)c1cccc(OCc2cccnc2)c1. The van der Waals surface area contributed by atoms with Gasteiger partial charge in [0.1, 0.15) is 12.4 Å². The van der Waals surface area contributed by atoms with E-state index in [0.29, 0.717) is 25.2 Å². The van der Waals surface area contributed by atoms with Crippen LogP contribution < -0.4 is 9.46 Å². The van der Waals surface area contributed by atoms with Crippen LogP contribution >= 0.6 is 0 Å². The molecule has 0 aliphatic heterocycles. The van der Waals surface area contributed by atoms with E-state index in [1.54, 1.807) is 36.7 Å². The van der Waals surface area contributed by atoms with Crippen molar-refractivity contribution in [1.82, 2.24) is 9.71 Å². The minimum atomic E-state index is -3.93. The van der Waals surface area contributed by atoms with Crippen molar-refractivity contribution in [2.45, 2.75) is 19.4 Å². The van der Waals surface area contributed by atoms with E-state index in [1.807, 2.05) is 36.4 Å². The summed E-state index contributed by atoms with van der Waals surface area (Å²) in [6.45, 7) is 0.295. The van der Waals surface area contributed by atoms with E-state index in [-0.39, 0.29) is 10.5 Å². The summed E-state index contributed by atoms with van der Waals surface area (Å²) in [5.74, 6) is -0.226. The van der Waals surface area contributed by atoms with Crippen LogP contribution in [0.15, 0.2) is 78.0 Å². The molecular weight excluding hydrogens is 400 g/mol. The fourth-order valence-electron chi connectivity index (χ4n) is 3.24. The van der Waals surface area contributed by atoms with Crippen LogP contribution in [0.2, 0.25) is 0 Å². The third-order valence-corrected chi connectivity index (χ3v) is 6.28. The van der Waals surface area contributed by atoms with Gasteiger partial charge >= 0.3 is 0 Å². The Morgan fingerprint density at radius 1 is 1.03 bits per heavy atom. The number of nitrogens with one attached hydrogen (secondary N) is 1. The number of hydrogen-bond acceptors (Lipinski definition) is 5. The molecule has 2 aromatic carbocycles. The van der Waals surface area contributed by atoms with Crippen molar-refractivity contribution in [3.63, 3.8) is 0 Å². The van der Waals surface area contributed by atoms with Crippen LogP contribution in [0, 0.1) is 0 Å². The number of nitrogens with zero attached hydrogens (tertiary/aromatic N) is 1. The van der Waals surface area contributed by atoms with Crippen molar-refractivity contribution in [3.8, 4) is 5.75 Å². The van der Waals surface area contributed by atoms with Crippen molar-refractivity contribution in [3.05, 3.63) is 100 Å². The summed E-state index contributed by atoms with van der Waals surface area (Å²) in [6.07, 6.45) is 5.97. The van der Waals surface area contributed by atoms with Gasteiger partial charge in [-0.15, -0.1) is 0 Å². The van der Waals surface area contributed by atoms with Gasteiger partial charge < -0.3 is 4.74 Å². The molecule has 4 rings (SSSR count). The largest absolute Gasteiger partial charge is 0.489 e. The third-order valence-electron chi connectivity index (χ3n) is 4.81. The number of allylic oxidation sites excluding steroid dienone is 1. The van der Waals surface area contributed by atoms with Gasteiger partial charge in [-0.1, -0.05) is 36.4 Å². The first-order valence-corrected chi connectivity index (χ1v) is 11.0. The smallest absolute Gasteiger partial charge is 0.265 e. The van der Waals surface area contributed by atoms with Crippen LogP contribution in [0.3, 0.4) is 0 Å². The molecule has 1 N–H and O–H groups in total. The Kier molecular flexibility index (Phi) is 5.63. The Balaban J connectivity index is 1.46. The average Bonchev–Trinajstić information content (AvgIpc) is 2.78. The standard InChI is InChI=1S/C23H20N2O4S/c26-23(20-8-3-9-21(13-20)29-16-17-5-4-12-24-15-17)25-30(27,28)22-11-10-18-6-1-2-7-19(18)14-22/h1-9,12-15H,10-11,16H2,(H,25,26). The molecule has 0 radical (unpaired) electrons. The Bertz CT molecular complexity index is 1200. The minimum Gasteiger partial charge on any atom is -0.489 e. The lowest BCUT2D eigenvalue weighted by Gasteiger charge is -2.17. The predicted molar refractivity (Wildman–Crippen MR) is 114 cm³/mol. The van der Waals surface area contributed by atoms with Crippen molar-refractivity contribution in [2.24, 2.45) is 0 Å². The average molecular weight is 420 g/mol. The summed E-state index contributed by atoms with van der Waals surface area (Å²) in [7, 11) is -3.93. The van der Waals surface area contributed by atoms with Crippen molar-refractivity contribution >= 4 is 22.0 Å². The van der Waals surface area contributed by atoms with Gasteiger partial charge in [0.2, 0.25) is 0 Å². The number of amides is 1. The summed E-state index contributed by atoms with van der Waals surface area (Å²) >= 11 is 0. The fourth-order valence-corrected chi connectivity index (χ4v) is 4.39. The van der Waals surface area contributed by atoms with Gasteiger partial charge in [0.15, 0.2) is 0 Å². The predicted octanol–water partition coefficient (Wildman–Crippen LogP) is 3.71.